The van der Waals surface area contributed by atoms with E-state index >= 15 is 0 Å². The molecule has 6 heteroatoms. The van der Waals surface area contributed by atoms with E-state index in [0.717, 1.165) is 0 Å². The highest BCUT2D eigenvalue weighted by atomic mass is 32.2. The molecule has 0 rings (SSSR count). The molecule has 0 aromatic heterocycles. The van der Waals surface area contributed by atoms with Crippen molar-refractivity contribution in [2.24, 2.45) is 5.92 Å². The maximum absolute atomic E-state index is 11.6. The Labute approximate surface area is 104 Å². The molecule has 5 nitrogen and oxygen atoms in total. The molecule has 0 aromatic rings. The highest BCUT2D eigenvalue weighted by molar-refractivity contribution is 7.91. The molecule has 0 radical (unpaired) electrons. The summed E-state index contributed by atoms with van der Waals surface area (Å²) >= 11 is 0. The minimum Gasteiger partial charge on any atom is -0.391 e. The molecule has 0 saturated carbocycles. The highest BCUT2D eigenvalue weighted by Crippen LogP contribution is 2.04. The van der Waals surface area contributed by atoms with Crippen LogP contribution >= 0.6 is 0 Å². The van der Waals surface area contributed by atoms with Crippen LogP contribution in [0.2, 0.25) is 0 Å². The van der Waals surface area contributed by atoms with Gasteiger partial charge in [-0.05, 0) is 12.3 Å². The van der Waals surface area contributed by atoms with E-state index in [4.69, 9.17) is 4.74 Å². The maximum Gasteiger partial charge on any atom is 0.152 e. The van der Waals surface area contributed by atoms with Crippen molar-refractivity contribution in [2.75, 3.05) is 38.3 Å². The molecule has 104 valence electrons. The van der Waals surface area contributed by atoms with Crippen LogP contribution in [0.5, 0.6) is 0 Å². The van der Waals surface area contributed by atoms with Crippen LogP contribution in [0.25, 0.3) is 0 Å². The first-order chi connectivity index (χ1) is 7.87. The Morgan fingerprint density at radius 1 is 1.35 bits per heavy atom. The van der Waals surface area contributed by atoms with Crippen molar-refractivity contribution in [1.82, 2.24) is 5.32 Å². The van der Waals surface area contributed by atoms with Crippen LogP contribution in [0.4, 0.5) is 0 Å². The Bertz CT molecular complexity index is 277. The second kappa shape index (κ2) is 8.85. The smallest absolute Gasteiger partial charge is 0.152 e. The summed E-state index contributed by atoms with van der Waals surface area (Å²) in [6.45, 7) is 5.41. The van der Waals surface area contributed by atoms with Gasteiger partial charge in [-0.2, -0.15) is 0 Å². The van der Waals surface area contributed by atoms with Gasteiger partial charge in [0.05, 0.1) is 24.2 Å². The summed E-state index contributed by atoms with van der Waals surface area (Å²) in [7, 11) is -1.55. The average Bonchev–Trinajstić information content (AvgIpc) is 2.21. The van der Waals surface area contributed by atoms with Crippen LogP contribution in [0.15, 0.2) is 0 Å². The third-order valence-corrected chi connectivity index (χ3v) is 4.07. The molecule has 0 amide bonds. The highest BCUT2D eigenvalue weighted by Gasteiger charge is 2.17. The Hall–Kier alpha value is -0.170. The van der Waals surface area contributed by atoms with Crippen LogP contribution in [0, 0.1) is 5.92 Å². The first kappa shape index (κ1) is 16.8. The monoisotopic (exact) mass is 267 g/mol. The number of methoxy groups -OCH3 is 1. The number of hydrogen-bond acceptors (Lipinski definition) is 5. The molecule has 2 N–H and O–H groups in total. The second-order valence-electron chi connectivity index (χ2n) is 4.65. The first-order valence-electron chi connectivity index (χ1n) is 5.95. The predicted octanol–water partition coefficient (Wildman–Crippen LogP) is 0.0442. The van der Waals surface area contributed by atoms with E-state index in [1.54, 1.807) is 7.11 Å². The third kappa shape index (κ3) is 10.7. The van der Waals surface area contributed by atoms with E-state index in [0.29, 0.717) is 25.5 Å². The van der Waals surface area contributed by atoms with Crippen molar-refractivity contribution < 1.29 is 18.3 Å². The van der Waals surface area contributed by atoms with Crippen LogP contribution < -0.4 is 5.32 Å². The predicted molar refractivity (Wildman–Crippen MR) is 68.9 cm³/mol. The topological polar surface area (TPSA) is 75.6 Å². The minimum atomic E-state index is -3.14. The summed E-state index contributed by atoms with van der Waals surface area (Å²) in [4.78, 5) is 0. The van der Waals surface area contributed by atoms with Gasteiger partial charge in [0, 0.05) is 20.2 Å². The molecular weight excluding hydrogens is 242 g/mol. The van der Waals surface area contributed by atoms with Gasteiger partial charge in [-0.15, -0.1) is 0 Å². The van der Waals surface area contributed by atoms with Gasteiger partial charge in [-0.25, -0.2) is 8.42 Å². The largest absolute Gasteiger partial charge is 0.391 e. The van der Waals surface area contributed by atoms with Gasteiger partial charge in [0.15, 0.2) is 9.84 Å². The molecule has 0 heterocycles. The fraction of sp³-hybridized carbons (Fsp3) is 1.00. The summed E-state index contributed by atoms with van der Waals surface area (Å²) in [6, 6.07) is 0. The number of nitrogens with one attached hydrogen (secondary N) is 1. The lowest BCUT2D eigenvalue weighted by Gasteiger charge is -2.12. The number of aliphatic hydroxyl groups excluding tert-OH is 1. The number of rotatable bonds is 10. The Morgan fingerprint density at radius 2 is 2.00 bits per heavy atom. The van der Waals surface area contributed by atoms with E-state index in [-0.39, 0.29) is 18.1 Å². The molecule has 0 fully saturated rings. The van der Waals surface area contributed by atoms with Crippen molar-refractivity contribution in [2.45, 2.75) is 26.4 Å². The maximum atomic E-state index is 11.6. The molecule has 0 aromatic carbocycles. The van der Waals surface area contributed by atoms with Crippen LogP contribution in [-0.4, -0.2) is 57.9 Å². The fourth-order valence-corrected chi connectivity index (χ4v) is 2.99. The van der Waals surface area contributed by atoms with E-state index in [1.165, 1.54) is 0 Å². The lowest BCUT2D eigenvalue weighted by molar-refractivity contribution is 0.174. The van der Waals surface area contributed by atoms with Gasteiger partial charge < -0.3 is 15.2 Å². The van der Waals surface area contributed by atoms with Crippen molar-refractivity contribution in [1.29, 1.82) is 0 Å². The zero-order chi connectivity index (χ0) is 13.3. The minimum absolute atomic E-state index is 0.153. The normalized spacial score (nSPS) is 14.2. The van der Waals surface area contributed by atoms with Gasteiger partial charge >= 0.3 is 0 Å². The summed E-state index contributed by atoms with van der Waals surface area (Å²) in [6.07, 6.45) is -0.199. The van der Waals surface area contributed by atoms with E-state index < -0.39 is 15.9 Å². The Morgan fingerprint density at radius 3 is 2.53 bits per heavy atom. The van der Waals surface area contributed by atoms with Crippen molar-refractivity contribution in [3.8, 4) is 0 Å². The van der Waals surface area contributed by atoms with Crippen LogP contribution in [0.3, 0.4) is 0 Å². The van der Waals surface area contributed by atoms with Crippen LogP contribution in [0.1, 0.15) is 20.3 Å². The summed E-state index contributed by atoms with van der Waals surface area (Å²) < 4.78 is 28.1. The zero-order valence-corrected chi connectivity index (χ0v) is 11.8. The van der Waals surface area contributed by atoms with Gasteiger partial charge in [0.25, 0.3) is 0 Å². The van der Waals surface area contributed by atoms with Gasteiger partial charge in [0.2, 0.25) is 0 Å². The van der Waals surface area contributed by atoms with Gasteiger partial charge in [-0.1, -0.05) is 13.8 Å². The second-order valence-corrected chi connectivity index (χ2v) is 6.88. The Balaban J connectivity index is 3.81. The molecule has 0 aliphatic rings. The molecule has 1 unspecified atom stereocenters. The summed E-state index contributed by atoms with van der Waals surface area (Å²) in [5, 5.41) is 12.5. The molecule has 0 spiro atoms. The first-order valence-corrected chi connectivity index (χ1v) is 7.77. The number of sulfone groups is 1. The van der Waals surface area contributed by atoms with Crippen molar-refractivity contribution in [3.63, 3.8) is 0 Å². The molecule has 0 aliphatic heterocycles. The number of hydrogen-bond donors (Lipinski definition) is 2. The average molecular weight is 267 g/mol. The Kier molecular flexibility index (Phi) is 8.77. The van der Waals surface area contributed by atoms with Gasteiger partial charge in [0.1, 0.15) is 0 Å². The molecule has 1 atom stereocenters. The molecule has 17 heavy (non-hydrogen) atoms. The lowest BCUT2D eigenvalue weighted by Crippen LogP contribution is -2.34. The molecule has 0 aliphatic carbocycles. The van der Waals surface area contributed by atoms with E-state index in [9.17, 15) is 13.5 Å². The lowest BCUT2D eigenvalue weighted by atomic mass is 10.2. The van der Waals surface area contributed by atoms with Crippen molar-refractivity contribution in [3.05, 3.63) is 0 Å². The van der Waals surface area contributed by atoms with Crippen molar-refractivity contribution >= 4 is 9.84 Å². The van der Waals surface area contributed by atoms with Crippen LogP contribution in [-0.2, 0) is 14.6 Å². The summed E-state index contributed by atoms with van der Waals surface area (Å²) in [5.74, 6) is 0.348. The SMILES string of the molecule is COCCNCC(O)CS(=O)(=O)CCC(C)C. The molecule has 0 saturated heterocycles. The summed E-state index contributed by atoms with van der Waals surface area (Å²) in [5.41, 5.74) is 0. The zero-order valence-electron chi connectivity index (χ0n) is 11.0. The standard InChI is InChI=1S/C11H25NO4S/c1-10(2)4-7-17(14,15)9-11(13)8-12-5-6-16-3/h10-13H,4-9H2,1-3H3. The number of ether oxygens (including phenoxy) is 1. The third-order valence-electron chi connectivity index (χ3n) is 2.32. The van der Waals surface area contributed by atoms with E-state index in [1.807, 2.05) is 13.8 Å². The number of aliphatic hydroxyl groups is 1. The van der Waals surface area contributed by atoms with E-state index in [2.05, 4.69) is 5.32 Å². The molecule has 0 bridgehead atoms. The fourth-order valence-electron chi connectivity index (χ4n) is 1.29. The van der Waals surface area contributed by atoms with Gasteiger partial charge in [-0.3, -0.25) is 0 Å². The quantitative estimate of drug-likeness (QED) is 0.547. The molecular formula is C11H25NO4S.